The molecule has 4 rings (SSSR count). The number of nitrogens with one attached hydrogen (secondary N) is 1. The van der Waals surface area contributed by atoms with Gasteiger partial charge >= 0.3 is 0 Å². The summed E-state index contributed by atoms with van der Waals surface area (Å²) in [7, 11) is 0. The third kappa shape index (κ3) is 4.27. The van der Waals surface area contributed by atoms with Gasteiger partial charge in [-0.15, -0.1) is 0 Å². The number of aryl methyl sites for hydroxylation is 1. The quantitative estimate of drug-likeness (QED) is 0.671. The van der Waals surface area contributed by atoms with Gasteiger partial charge in [0.1, 0.15) is 12.2 Å². The molecule has 0 spiro atoms. The SMILES string of the molecule is Cc1cccc(Cn2cc(NC(=O)Cn3nc(C4CC4)cc3C(F)F)cn2)c1. The fourth-order valence-electron chi connectivity index (χ4n) is 3.18. The number of carbonyl (C=O) groups is 1. The van der Waals surface area contributed by atoms with Crippen LogP contribution in [0.5, 0.6) is 0 Å². The summed E-state index contributed by atoms with van der Waals surface area (Å²) in [5, 5.41) is 11.1. The normalized spacial score (nSPS) is 13.9. The summed E-state index contributed by atoms with van der Waals surface area (Å²) in [6.07, 6.45) is 2.52. The maximum Gasteiger partial charge on any atom is 0.280 e. The van der Waals surface area contributed by atoms with Crippen LogP contribution in [0.15, 0.2) is 42.7 Å². The van der Waals surface area contributed by atoms with E-state index in [1.165, 1.54) is 6.07 Å². The summed E-state index contributed by atoms with van der Waals surface area (Å²) >= 11 is 0. The highest BCUT2D eigenvalue weighted by Crippen LogP contribution is 2.40. The van der Waals surface area contributed by atoms with E-state index in [-0.39, 0.29) is 18.2 Å². The predicted molar refractivity (Wildman–Crippen MR) is 100 cm³/mol. The molecule has 1 saturated carbocycles. The number of halogens is 2. The second-order valence-electron chi connectivity index (χ2n) is 7.19. The number of rotatable bonds is 7. The van der Waals surface area contributed by atoms with Crippen molar-refractivity contribution >= 4 is 11.6 Å². The molecule has 0 atom stereocenters. The third-order valence-electron chi connectivity index (χ3n) is 4.69. The van der Waals surface area contributed by atoms with Gasteiger partial charge in [-0.05, 0) is 31.4 Å². The zero-order valence-electron chi connectivity index (χ0n) is 15.5. The van der Waals surface area contributed by atoms with Crippen molar-refractivity contribution in [3.63, 3.8) is 0 Å². The van der Waals surface area contributed by atoms with Crippen molar-refractivity contribution < 1.29 is 13.6 Å². The highest BCUT2D eigenvalue weighted by Gasteiger charge is 2.29. The molecule has 1 amide bonds. The zero-order valence-corrected chi connectivity index (χ0v) is 15.5. The van der Waals surface area contributed by atoms with Crippen LogP contribution in [-0.2, 0) is 17.9 Å². The molecule has 1 aliphatic rings. The topological polar surface area (TPSA) is 64.7 Å². The second kappa shape index (κ2) is 7.53. The number of hydrogen-bond donors (Lipinski definition) is 1. The Kier molecular flexibility index (Phi) is 4.93. The Balaban J connectivity index is 1.40. The maximum absolute atomic E-state index is 13.2. The third-order valence-corrected chi connectivity index (χ3v) is 4.69. The van der Waals surface area contributed by atoms with E-state index in [1.807, 2.05) is 25.1 Å². The standard InChI is InChI=1S/C20H21F2N5O/c1-13-3-2-4-14(7-13)10-26-11-16(9-23-26)24-19(28)12-27-18(20(21)22)8-17(25-27)15-5-6-15/h2-4,7-9,11,15,20H,5-6,10,12H2,1H3,(H,24,28). The van der Waals surface area contributed by atoms with Crippen LogP contribution < -0.4 is 5.32 Å². The van der Waals surface area contributed by atoms with E-state index in [0.717, 1.165) is 28.7 Å². The van der Waals surface area contributed by atoms with Crippen LogP contribution in [0.1, 0.15) is 47.7 Å². The minimum absolute atomic E-state index is 0.216. The fraction of sp³-hybridized carbons (Fsp3) is 0.350. The van der Waals surface area contributed by atoms with Gasteiger partial charge in [0.2, 0.25) is 5.91 Å². The smallest absolute Gasteiger partial charge is 0.280 e. The Morgan fingerprint density at radius 2 is 2.14 bits per heavy atom. The van der Waals surface area contributed by atoms with Crippen LogP contribution in [0.4, 0.5) is 14.5 Å². The monoisotopic (exact) mass is 385 g/mol. The first-order chi connectivity index (χ1) is 13.5. The van der Waals surface area contributed by atoms with E-state index in [1.54, 1.807) is 17.1 Å². The zero-order chi connectivity index (χ0) is 19.7. The number of carbonyl (C=O) groups excluding carboxylic acids is 1. The van der Waals surface area contributed by atoms with Crippen molar-refractivity contribution in [3.8, 4) is 0 Å². The summed E-state index contributed by atoms with van der Waals surface area (Å²) in [6, 6.07) is 9.50. The van der Waals surface area contributed by atoms with Gasteiger partial charge in [-0.3, -0.25) is 14.2 Å². The molecule has 8 heteroatoms. The first kappa shape index (κ1) is 18.3. The lowest BCUT2D eigenvalue weighted by Gasteiger charge is -2.07. The largest absolute Gasteiger partial charge is 0.322 e. The van der Waals surface area contributed by atoms with Crippen molar-refractivity contribution in [2.75, 3.05) is 5.32 Å². The average molecular weight is 385 g/mol. The number of nitrogens with zero attached hydrogens (tertiary/aromatic N) is 4. The van der Waals surface area contributed by atoms with E-state index in [2.05, 4.69) is 21.6 Å². The average Bonchev–Trinajstić information content (AvgIpc) is 3.26. The summed E-state index contributed by atoms with van der Waals surface area (Å²) in [6.45, 7) is 2.35. The molecule has 0 radical (unpaired) electrons. The number of amides is 1. The van der Waals surface area contributed by atoms with Crippen LogP contribution in [0.25, 0.3) is 0 Å². The van der Waals surface area contributed by atoms with Crippen molar-refractivity contribution in [3.05, 3.63) is 65.2 Å². The van der Waals surface area contributed by atoms with Crippen LogP contribution >= 0.6 is 0 Å². The van der Waals surface area contributed by atoms with Gasteiger partial charge in [0.15, 0.2) is 0 Å². The van der Waals surface area contributed by atoms with Crippen LogP contribution in [0.2, 0.25) is 0 Å². The van der Waals surface area contributed by atoms with E-state index in [0.29, 0.717) is 17.9 Å². The molecule has 2 heterocycles. The Hall–Kier alpha value is -3.03. The lowest BCUT2D eigenvalue weighted by atomic mass is 10.1. The molecule has 0 aliphatic heterocycles. The molecule has 6 nitrogen and oxygen atoms in total. The van der Waals surface area contributed by atoms with Crippen molar-refractivity contribution in [1.82, 2.24) is 19.6 Å². The van der Waals surface area contributed by atoms with Crippen LogP contribution in [0.3, 0.4) is 0 Å². The minimum Gasteiger partial charge on any atom is -0.322 e. The molecule has 1 fully saturated rings. The van der Waals surface area contributed by atoms with E-state index in [4.69, 9.17) is 0 Å². The highest BCUT2D eigenvalue weighted by atomic mass is 19.3. The Labute approximate surface area is 161 Å². The van der Waals surface area contributed by atoms with Gasteiger partial charge in [0.05, 0.1) is 24.1 Å². The van der Waals surface area contributed by atoms with Crippen molar-refractivity contribution in [1.29, 1.82) is 0 Å². The summed E-state index contributed by atoms with van der Waals surface area (Å²) < 4.78 is 29.3. The van der Waals surface area contributed by atoms with Gasteiger partial charge in [-0.2, -0.15) is 10.2 Å². The Morgan fingerprint density at radius 1 is 1.32 bits per heavy atom. The highest BCUT2D eigenvalue weighted by molar-refractivity contribution is 5.90. The Morgan fingerprint density at radius 3 is 2.86 bits per heavy atom. The number of benzene rings is 1. The van der Waals surface area contributed by atoms with Crippen LogP contribution in [-0.4, -0.2) is 25.5 Å². The predicted octanol–water partition coefficient (Wildman–Crippen LogP) is 3.89. The van der Waals surface area contributed by atoms with Gasteiger partial charge < -0.3 is 5.32 Å². The maximum atomic E-state index is 13.2. The summed E-state index contributed by atoms with van der Waals surface area (Å²) in [4.78, 5) is 12.3. The molecular weight excluding hydrogens is 364 g/mol. The van der Waals surface area contributed by atoms with E-state index >= 15 is 0 Å². The van der Waals surface area contributed by atoms with E-state index < -0.39 is 12.3 Å². The molecular formula is C20H21F2N5O. The number of aromatic nitrogens is 4. The molecule has 1 aliphatic carbocycles. The second-order valence-corrected chi connectivity index (χ2v) is 7.19. The Bertz CT molecular complexity index is 990. The van der Waals surface area contributed by atoms with Gasteiger partial charge in [-0.25, -0.2) is 8.78 Å². The molecule has 146 valence electrons. The minimum atomic E-state index is -2.66. The molecule has 1 N–H and O–H groups in total. The lowest BCUT2D eigenvalue weighted by Crippen LogP contribution is -2.21. The first-order valence-electron chi connectivity index (χ1n) is 9.21. The molecule has 0 saturated heterocycles. The van der Waals surface area contributed by atoms with Crippen molar-refractivity contribution in [2.45, 2.75) is 45.2 Å². The van der Waals surface area contributed by atoms with E-state index in [9.17, 15) is 13.6 Å². The molecule has 3 aromatic rings. The molecule has 2 aromatic heterocycles. The van der Waals surface area contributed by atoms with Gasteiger partial charge in [0, 0.05) is 12.1 Å². The molecule has 0 unspecified atom stereocenters. The molecule has 28 heavy (non-hydrogen) atoms. The van der Waals surface area contributed by atoms with Crippen molar-refractivity contribution in [2.24, 2.45) is 0 Å². The molecule has 1 aromatic carbocycles. The molecule has 0 bridgehead atoms. The number of alkyl halides is 2. The summed E-state index contributed by atoms with van der Waals surface area (Å²) in [5.74, 6) is -0.163. The lowest BCUT2D eigenvalue weighted by molar-refractivity contribution is -0.117. The number of hydrogen-bond acceptors (Lipinski definition) is 3. The first-order valence-corrected chi connectivity index (χ1v) is 9.21. The van der Waals surface area contributed by atoms with Gasteiger partial charge in [0.25, 0.3) is 6.43 Å². The fourth-order valence-corrected chi connectivity index (χ4v) is 3.18. The van der Waals surface area contributed by atoms with Gasteiger partial charge in [-0.1, -0.05) is 29.8 Å². The van der Waals surface area contributed by atoms with Crippen LogP contribution in [0, 0.1) is 6.92 Å². The number of anilines is 1. The summed E-state index contributed by atoms with van der Waals surface area (Å²) in [5.41, 5.74) is 3.22.